The van der Waals surface area contributed by atoms with Crippen molar-refractivity contribution in [3.63, 3.8) is 0 Å². The van der Waals surface area contributed by atoms with E-state index in [0.29, 0.717) is 28.4 Å². The summed E-state index contributed by atoms with van der Waals surface area (Å²) in [5.74, 6) is -0.0360. The van der Waals surface area contributed by atoms with E-state index in [1.165, 1.54) is 30.5 Å². The molecule has 6 nitrogen and oxygen atoms in total. The van der Waals surface area contributed by atoms with Gasteiger partial charge in [0.05, 0.1) is 17.6 Å². The number of amides is 1. The highest BCUT2D eigenvalue weighted by atomic mass is 32.2. The molecule has 1 heterocycles. The lowest BCUT2D eigenvalue weighted by molar-refractivity contribution is 0.102. The molecule has 8 heteroatoms. The fourth-order valence-corrected chi connectivity index (χ4v) is 3.19. The molecular formula is C20H17FN2O4S. The molecule has 0 radical (unpaired) electrons. The lowest BCUT2D eigenvalue weighted by atomic mass is 10.1. The average molecular weight is 400 g/mol. The monoisotopic (exact) mass is 400 g/mol. The highest BCUT2D eigenvalue weighted by Gasteiger charge is 2.09. The number of ether oxygens (including phenoxy) is 1. The van der Waals surface area contributed by atoms with Gasteiger partial charge in [-0.15, -0.1) is 0 Å². The number of carbonyl (C=O) groups is 1. The van der Waals surface area contributed by atoms with Gasteiger partial charge in [-0.05, 0) is 48.0 Å². The third-order valence-electron chi connectivity index (χ3n) is 3.68. The standard InChI is InChI=1S/C20H17FN2O4S/c1-28(25,26)13-14-2-4-15(5-3-14)20(24)23-17-8-11-19(22-12-17)27-18-9-6-16(21)7-10-18/h2-12H,13H2,1H3,(H,23,24). The van der Waals surface area contributed by atoms with Crippen molar-refractivity contribution >= 4 is 21.4 Å². The molecule has 1 aromatic heterocycles. The zero-order valence-corrected chi connectivity index (χ0v) is 15.7. The van der Waals surface area contributed by atoms with Crippen LogP contribution in [-0.4, -0.2) is 25.6 Å². The van der Waals surface area contributed by atoms with Crippen molar-refractivity contribution in [3.8, 4) is 11.6 Å². The summed E-state index contributed by atoms with van der Waals surface area (Å²) in [6.45, 7) is 0. The molecule has 3 rings (SSSR count). The number of hydrogen-bond donors (Lipinski definition) is 1. The van der Waals surface area contributed by atoms with Gasteiger partial charge in [0.25, 0.3) is 5.91 Å². The number of pyridine rings is 1. The molecule has 0 atom stereocenters. The number of carbonyl (C=O) groups excluding carboxylic acids is 1. The zero-order valence-electron chi connectivity index (χ0n) is 14.9. The van der Waals surface area contributed by atoms with Crippen molar-refractivity contribution in [3.05, 3.63) is 83.8 Å². The summed E-state index contributed by atoms with van der Waals surface area (Å²) < 4.78 is 41.0. The molecule has 0 saturated heterocycles. The topological polar surface area (TPSA) is 85.4 Å². The molecule has 0 saturated carbocycles. The first kappa shape index (κ1) is 19.5. The number of sulfone groups is 1. The Kier molecular flexibility index (Phi) is 5.70. The van der Waals surface area contributed by atoms with Crippen molar-refractivity contribution in [2.24, 2.45) is 0 Å². The van der Waals surface area contributed by atoms with Crippen LogP contribution in [0.25, 0.3) is 0 Å². The number of halogens is 1. The molecule has 1 amide bonds. The van der Waals surface area contributed by atoms with Crippen LogP contribution in [0.4, 0.5) is 10.1 Å². The highest BCUT2D eigenvalue weighted by Crippen LogP contribution is 2.21. The molecule has 144 valence electrons. The van der Waals surface area contributed by atoms with Gasteiger partial charge in [0.1, 0.15) is 11.6 Å². The second-order valence-electron chi connectivity index (χ2n) is 6.16. The van der Waals surface area contributed by atoms with E-state index in [1.807, 2.05) is 0 Å². The highest BCUT2D eigenvalue weighted by molar-refractivity contribution is 7.89. The molecule has 2 aromatic carbocycles. The van der Waals surface area contributed by atoms with Crippen molar-refractivity contribution in [1.29, 1.82) is 0 Å². The predicted octanol–water partition coefficient (Wildman–Crippen LogP) is 3.81. The van der Waals surface area contributed by atoms with Crippen LogP contribution in [-0.2, 0) is 15.6 Å². The van der Waals surface area contributed by atoms with Crippen LogP contribution in [0.5, 0.6) is 11.6 Å². The number of aromatic nitrogens is 1. The Labute approximate surface area is 161 Å². The Bertz CT molecular complexity index is 1060. The van der Waals surface area contributed by atoms with Crippen LogP contribution < -0.4 is 10.1 Å². The molecule has 0 aliphatic carbocycles. The molecule has 0 spiro atoms. The van der Waals surface area contributed by atoms with E-state index in [0.717, 1.165) is 6.26 Å². The molecule has 28 heavy (non-hydrogen) atoms. The molecule has 0 unspecified atom stereocenters. The summed E-state index contributed by atoms with van der Waals surface area (Å²) in [6, 6.07) is 15.1. The lowest BCUT2D eigenvalue weighted by Gasteiger charge is -2.08. The largest absolute Gasteiger partial charge is 0.439 e. The summed E-state index contributed by atoms with van der Waals surface area (Å²) >= 11 is 0. The van der Waals surface area contributed by atoms with Gasteiger partial charge in [0.2, 0.25) is 5.88 Å². The van der Waals surface area contributed by atoms with E-state index in [2.05, 4.69) is 10.3 Å². The van der Waals surface area contributed by atoms with E-state index in [-0.39, 0.29) is 17.5 Å². The normalized spacial score (nSPS) is 11.1. The van der Waals surface area contributed by atoms with Gasteiger partial charge in [-0.2, -0.15) is 0 Å². The van der Waals surface area contributed by atoms with Crippen LogP contribution in [0, 0.1) is 5.82 Å². The molecule has 0 fully saturated rings. The Balaban J connectivity index is 1.61. The van der Waals surface area contributed by atoms with Gasteiger partial charge in [-0.3, -0.25) is 4.79 Å². The predicted molar refractivity (Wildman–Crippen MR) is 104 cm³/mol. The molecule has 0 bridgehead atoms. The Morgan fingerprint density at radius 3 is 2.29 bits per heavy atom. The van der Waals surface area contributed by atoms with Crippen molar-refractivity contribution in [2.45, 2.75) is 5.75 Å². The summed E-state index contributed by atoms with van der Waals surface area (Å²) in [7, 11) is -3.13. The number of anilines is 1. The minimum atomic E-state index is -3.13. The minimum absolute atomic E-state index is 0.0751. The fourth-order valence-electron chi connectivity index (χ4n) is 2.40. The molecule has 3 aromatic rings. The second-order valence-corrected chi connectivity index (χ2v) is 8.30. The Morgan fingerprint density at radius 1 is 1.04 bits per heavy atom. The van der Waals surface area contributed by atoms with E-state index >= 15 is 0 Å². The molecule has 1 N–H and O–H groups in total. The third-order valence-corrected chi connectivity index (χ3v) is 4.53. The maximum atomic E-state index is 12.9. The second kappa shape index (κ2) is 8.18. The first-order valence-electron chi connectivity index (χ1n) is 8.26. The summed E-state index contributed by atoms with van der Waals surface area (Å²) in [6.07, 6.45) is 2.60. The van der Waals surface area contributed by atoms with Crippen LogP contribution in [0.1, 0.15) is 15.9 Å². The summed E-state index contributed by atoms with van der Waals surface area (Å²) in [5, 5.41) is 2.70. The van der Waals surface area contributed by atoms with E-state index in [9.17, 15) is 17.6 Å². The first-order chi connectivity index (χ1) is 13.3. The quantitative estimate of drug-likeness (QED) is 0.680. The smallest absolute Gasteiger partial charge is 0.255 e. The average Bonchev–Trinajstić information content (AvgIpc) is 2.64. The number of nitrogens with one attached hydrogen (secondary N) is 1. The summed E-state index contributed by atoms with van der Waals surface area (Å²) in [4.78, 5) is 16.4. The Hall–Kier alpha value is -3.26. The van der Waals surface area contributed by atoms with Crippen LogP contribution >= 0.6 is 0 Å². The number of rotatable bonds is 6. The van der Waals surface area contributed by atoms with Gasteiger partial charge in [0, 0.05) is 17.9 Å². The number of nitrogens with zero attached hydrogens (tertiary/aromatic N) is 1. The van der Waals surface area contributed by atoms with E-state index in [1.54, 1.807) is 36.4 Å². The van der Waals surface area contributed by atoms with E-state index in [4.69, 9.17) is 4.74 Å². The van der Waals surface area contributed by atoms with Crippen LogP contribution in [0.15, 0.2) is 66.9 Å². The maximum absolute atomic E-state index is 12.9. The van der Waals surface area contributed by atoms with Gasteiger partial charge in [0.15, 0.2) is 9.84 Å². The first-order valence-corrected chi connectivity index (χ1v) is 10.3. The van der Waals surface area contributed by atoms with Gasteiger partial charge in [-0.25, -0.2) is 17.8 Å². The molecule has 0 aliphatic heterocycles. The Morgan fingerprint density at radius 2 is 1.71 bits per heavy atom. The SMILES string of the molecule is CS(=O)(=O)Cc1ccc(C(=O)Nc2ccc(Oc3ccc(F)cc3)nc2)cc1. The van der Waals surface area contributed by atoms with Crippen molar-refractivity contribution < 1.29 is 22.3 Å². The molecular weight excluding hydrogens is 383 g/mol. The van der Waals surface area contributed by atoms with Gasteiger partial charge >= 0.3 is 0 Å². The van der Waals surface area contributed by atoms with Gasteiger partial charge < -0.3 is 10.1 Å². The van der Waals surface area contributed by atoms with Crippen LogP contribution in [0.2, 0.25) is 0 Å². The lowest BCUT2D eigenvalue weighted by Crippen LogP contribution is -2.12. The van der Waals surface area contributed by atoms with Crippen molar-refractivity contribution in [1.82, 2.24) is 4.98 Å². The van der Waals surface area contributed by atoms with Crippen molar-refractivity contribution in [2.75, 3.05) is 11.6 Å². The number of benzene rings is 2. The number of hydrogen-bond acceptors (Lipinski definition) is 5. The summed E-state index contributed by atoms with van der Waals surface area (Å²) in [5.41, 5.74) is 1.48. The minimum Gasteiger partial charge on any atom is -0.439 e. The van der Waals surface area contributed by atoms with Crippen LogP contribution in [0.3, 0.4) is 0 Å². The fraction of sp³-hybridized carbons (Fsp3) is 0.100. The zero-order chi connectivity index (χ0) is 20.1. The molecule has 0 aliphatic rings. The van der Waals surface area contributed by atoms with Gasteiger partial charge in [-0.1, -0.05) is 12.1 Å². The third kappa shape index (κ3) is 5.62. The van der Waals surface area contributed by atoms with E-state index < -0.39 is 9.84 Å². The maximum Gasteiger partial charge on any atom is 0.255 e.